The topological polar surface area (TPSA) is 48.6 Å². The van der Waals surface area contributed by atoms with E-state index in [1.54, 1.807) is 6.20 Å². The normalized spacial score (nSPS) is 25.0. The highest BCUT2D eigenvalue weighted by molar-refractivity contribution is 4.96. The molecule has 6 nitrogen and oxygen atoms in total. The van der Waals surface area contributed by atoms with E-state index in [4.69, 9.17) is 0 Å². The Labute approximate surface area is 101 Å². The Morgan fingerprint density at radius 3 is 2.71 bits per heavy atom. The Morgan fingerprint density at radius 1 is 1.29 bits per heavy atom. The van der Waals surface area contributed by atoms with Gasteiger partial charge in [-0.3, -0.25) is 9.80 Å². The number of likely N-dealkylation sites (tertiary alicyclic amines) is 1. The molecule has 2 aliphatic heterocycles. The average molecular weight is 237 g/mol. The molecule has 0 aliphatic carbocycles. The summed E-state index contributed by atoms with van der Waals surface area (Å²) in [5, 5.41) is 7.46. The molecule has 94 valence electrons. The first-order chi connectivity index (χ1) is 8.31. The van der Waals surface area contributed by atoms with Gasteiger partial charge in [0.2, 0.25) is 0 Å². The van der Waals surface area contributed by atoms with E-state index in [9.17, 15) is 0 Å². The van der Waals surface area contributed by atoms with Crippen LogP contribution in [-0.4, -0.2) is 77.4 Å². The van der Waals surface area contributed by atoms with Gasteiger partial charge < -0.3 is 4.90 Å². The third kappa shape index (κ3) is 2.48. The Kier molecular flexibility index (Phi) is 3.09. The molecule has 0 saturated carbocycles. The summed E-state index contributed by atoms with van der Waals surface area (Å²) in [4.78, 5) is 7.40. The molecule has 0 spiro atoms. The van der Waals surface area contributed by atoms with Crippen molar-refractivity contribution >= 4 is 0 Å². The smallest absolute Gasteiger partial charge is 0.119 e. The van der Waals surface area contributed by atoms with Crippen molar-refractivity contribution in [1.82, 2.24) is 25.0 Å². The van der Waals surface area contributed by atoms with Crippen LogP contribution in [-0.2, 0) is 6.54 Å². The molecule has 0 aromatic carbocycles. The van der Waals surface area contributed by atoms with Crippen LogP contribution in [0.5, 0.6) is 0 Å². The lowest BCUT2D eigenvalue weighted by Crippen LogP contribution is -2.62. The van der Waals surface area contributed by atoms with Gasteiger partial charge >= 0.3 is 0 Å². The van der Waals surface area contributed by atoms with Gasteiger partial charge in [-0.25, -0.2) is 4.63 Å². The SMILES string of the molecule is CN1CCN(C2CN(Cc3cnon3)C2)CC1. The first kappa shape index (κ1) is 11.1. The van der Waals surface area contributed by atoms with Crippen LogP contribution in [0.1, 0.15) is 5.69 Å². The summed E-state index contributed by atoms with van der Waals surface area (Å²) in [6.07, 6.45) is 1.70. The van der Waals surface area contributed by atoms with Gasteiger partial charge in [0, 0.05) is 51.9 Å². The van der Waals surface area contributed by atoms with Crippen molar-refractivity contribution in [1.29, 1.82) is 0 Å². The Balaban J connectivity index is 1.42. The largest absolute Gasteiger partial charge is 0.304 e. The van der Waals surface area contributed by atoms with Crippen LogP contribution in [0.2, 0.25) is 0 Å². The molecule has 0 atom stereocenters. The Bertz CT molecular complexity index is 341. The standard InChI is InChI=1S/C11H19N5O/c1-14-2-4-16(5-3-14)11-8-15(9-11)7-10-6-12-17-13-10/h6,11H,2-5,7-9H2,1H3. The van der Waals surface area contributed by atoms with Crippen LogP contribution in [0.3, 0.4) is 0 Å². The summed E-state index contributed by atoms with van der Waals surface area (Å²) in [7, 11) is 2.20. The molecule has 17 heavy (non-hydrogen) atoms. The van der Waals surface area contributed by atoms with E-state index in [0.29, 0.717) is 0 Å². The van der Waals surface area contributed by atoms with Gasteiger partial charge in [0.15, 0.2) is 0 Å². The summed E-state index contributed by atoms with van der Waals surface area (Å²) >= 11 is 0. The first-order valence-corrected chi connectivity index (χ1v) is 6.22. The maximum absolute atomic E-state index is 4.60. The lowest BCUT2D eigenvalue weighted by molar-refractivity contribution is 0.00446. The number of hydrogen-bond acceptors (Lipinski definition) is 6. The highest BCUT2D eigenvalue weighted by atomic mass is 16.6. The zero-order valence-electron chi connectivity index (χ0n) is 10.2. The molecule has 0 unspecified atom stereocenters. The highest BCUT2D eigenvalue weighted by Crippen LogP contribution is 2.18. The Morgan fingerprint density at radius 2 is 2.06 bits per heavy atom. The molecule has 1 aromatic rings. The predicted octanol–water partition coefficient (Wildman–Crippen LogP) is -0.499. The number of likely N-dealkylation sites (N-methyl/N-ethyl adjacent to an activating group) is 1. The van der Waals surface area contributed by atoms with Crippen molar-refractivity contribution < 1.29 is 4.63 Å². The molecule has 0 bridgehead atoms. The van der Waals surface area contributed by atoms with E-state index in [1.165, 1.54) is 26.2 Å². The van der Waals surface area contributed by atoms with E-state index in [0.717, 1.165) is 31.4 Å². The zero-order valence-corrected chi connectivity index (χ0v) is 10.2. The fraction of sp³-hybridized carbons (Fsp3) is 0.818. The van der Waals surface area contributed by atoms with Gasteiger partial charge in [0.25, 0.3) is 0 Å². The van der Waals surface area contributed by atoms with Crippen LogP contribution >= 0.6 is 0 Å². The van der Waals surface area contributed by atoms with Crippen molar-refractivity contribution in [3.05, 3.63) is 11.9 Å². The minimum Gasteiger partial charge on any atom is -0.304 e. The van der Waals surface area contributed by atoms with Crippen molar-refractivity contribution in [3.63, 3.8) is 0 Å². The van der Waals surface area contributed by atoms with Gasteiger partial charge in [-0.1, -0.05) is 10.3 Å². The molecule has 6 heteroatoms. The summed E-state index contributed by atoms with van der Waals surface area (Å²) in [6, 6.07) is 0.739. The van der Waals surface area contributed by atoms with Gasteiger partial charge in [0.05, 0.1) is 6.20 Å². The molecule has 0 amide bonds. The number of rotatable bonds is 3. The average Bonchev–Trinajstić information content (AvgIpc) is 2.77. The first-order valence-electron chi connectivity index (χ1n) is 6.22. The highest BCUT2D eigenvalue weighted by Gasteiger charge is 2.33. The van der Waals surface area contributed by atoms with Crippen molar-refractivity contribution in [2.75, 3.05) is 46.3 Å². The number of nitrogens with zero attached hydrogens (tertiary/aromatic N) is 5. The molecule has 0 N–H and O–H groups in total. The zero-order chi connectivity index (χ0) is 11.7. The summed E-state index contributed by atoms with van der Waals surface area (Å²) in [6.45, 7) is 7.98. The van der Waals surface area contributed by atoms with E-state index < -0.39 is 0 Å². The van der Waals surface area contributed by atoms with Gasteiger partial charge in [-0.05, 0) is 7.05 Å². The lowest BCUT2D eigenvalue weighted by Gasteiger charge is -2.47. The molecule has 1 aromatic heterocycles. The lowest BCUT2D eigenvalue weighted by atomic mass is 10.1. The van der Waals surface area contributed by atoms with Crippen LogP contribution in [0.15, 0.2) is 10.8 Å². The van der Waals surface area contributed by atoms with E-state index >= 15 is 0 Å². The van der Waals surface area contributed by atoms with Gasteiger partial charge in [-0.2, -0.15) is 0 Å². The quantitative estimate of drug-likeness (QED) is 0.706. The van der Waals surface area contributed by atoms with Crippen molar-refractivity contribution in [2.45, 2.75) is 12.6 Å². The second-order valence-corrected chi connectivity index (χ2v) is 5.09. The van der Waals surface area contributed by atoms with Crippen LogP contribution < -0.4 is 0 Å². The maximum atomic E-state index is 4.60. The molecule has 3 heterocycles. The second kappa shape index (κ2) is 4.72. The van der Waals surface area contributed by atoms with Crippen molar-refractivity contribution in [3.8, 4) is 0 Å². The summed E-state index contributed by atoms with van der Waals surface area (Å²) in [5.41, 5.74) is 0.932. The Hall–Kier alpha value is -0.980. The van der Waals surface area contributed by atoms with E-state index in [2.05, 4.69) is 36.7 Å². The molecule has 3 rings (SSSR count). The summed E-state index contributed by atoms with van der Waals surface area (Å²) < 4.78 is 4.60. The van der Waals surface area contributed by atoms with Gasteiger partial charge in [-0.15, -0.1) is 0 Å². The van der Waals surface area contributed by atoms with E-state index in [-0.39, 0.29) is 0 Å². The molecule has 0 radical (unpaired) electrons. The molecule has 2 aliphatic rings. The van der Waals surface area contributed by atoms with Gasteiger partial charge in [0.1, 0.15) is 5.69 Å². The third-order valence-electron chi connectivity index (χ3n) is 3.78. The monoisotopic (exact) mass is 237 g/mol. The fourth-order valence-corrected chi connectivity index (χ4v) is 2.57. The van der Waals surface area contributed by atoms with Crippen LogP contribution in [0.25, 0.3) is 0 Å². The summed E-state index contributed by atoms with van der Waals surface area (Å²) in [5.74, 6) is 0. The minimum atomic E-state index is 0.739. The van der Waals surface area contributed by atoms with Crippen molar-refractivity contribution in [2.24, 2.45) is 0 Å². The maximum Gasteiger partial charge on any atom is 0.119 e. The van der Waals surface area contributed by atoms with E-state index in [1.807, 2.05) is 0 Å². The molecular weight excluding hydrogens is 218 g/mol. The third-order valence-corrected chi connectivity index (χ3v) is 3.78. The number of piperazine rings is 1. The minimum absolute atomic E-state index is 0.739. The fourth-order valence-electron chi connectivity index (χ4n) is 2.57. The molecule has 2 fully saturated rings. The molecule has 2 saturated heterocycles. The molecular formula is C11H19N5O. The second-order valence-electron chi connectivity index (χ2n) is 5.09. The van der Waals surface area contributed by atoms with Crippen LogP contribution in [0.4, 0.5) is 0 Å². The predicted molar refractivity (Wildman–Crippen MR) is 62.4 cm³/mol. The van der Waals surface area contributed by atoms with Crippen LogP contribution in [0, 0.1) is 0 Å². The number of hydrogen-bond donors (Lipinski definition) is 0. The number of aromatic nitrogens is 2.